The van der Waals surface area contributed by atoms with Gasteiger partial charge in [0, 0.05) is 24.3 Å². The van der Waals surface area contributed by atoms with E-state index < -0.39 is 16.4 Å². The predicted molar refractivity (Wildman–Crippen MR) is 79.2 cm³/mol. The number of benzene rings is 2. The van der Waals surface area contributed by atoms with Crippen molar-refractivity contribution in [2.45, 2.75) is 0 Å². The third kappa shape index (κ3) is 3.42. The SMILES string of the molecule is COc1cc(Oc2ccc([N+](=O)[O-])c(F)c2)cc(OC)c1OC. The Labute approximate surface area is 131 Å². The van der Waals surface area contributed by atoms with E-state index in [9.17, 15) is 14.5 Å². The van der Waals surface area contributed by atoms with Gasteiger partial charge in [-0.05, 0) is 6.07 Å². The van der Waals surface area contributed by atoms with Crippen LogP contribution in [0, 0.1) is 15.9 Å². The monoisotopic (exact) mass is 323 g/mol. The Morgan fingerprint density at radius 3 is 2.00 bits per heavy atom. The van der Waals surface area contributed by atoms with E-state index in [2.05, 4.69) is 0 Å². The molecule has 0 unspecified atom stereocenters. The molecule has 0 N–H and O–H groups in total. The molecule has 0 aliphatic carbocycles. The number of rotatable bonds is 6. The van der Waals surface area contributed by atoms with Crippen LogP contribution in [0.5, 0.6) is 28.7 Å². The molecule has 0 radical (unpaired) electrons. The molecule has 122 valence electrons. The van der Waals surface area contributed by atoms with E-state index in [4.69, 9.17) is 18.9 Å². The molecule has 0 heterocycles. The van der Waals surface area contributed by atoms with Crippen molar-refractivity contribution in [1.82, 2.24) is 0 Å². The van der Waals surface area contributed by atoms with Crippen LogP contribution in [0.1, 0.15) is 0 Å². The normalized spacial score (nSPS) is 10.1. The molecule has 0 aliphatic heterocycles. The maximum atomic E-state index is 13.6. The molecule has 0 saturated heterocycles. The van der Waals surface area contributed by atoms with Crippen molar-refractivity contribution < 1.29 is 28.3 Å². The Kier molecular flexibility index (Phi) is 4.85. The van der Waals surface area contributed by atoms with Gasteiger partial charge in [-0.1, -0.05) is 0 Å². The summed E-state index contributed by atoms with van der Waals surface area (Å²) in [6.07, 6.45) is 0. The molecule has 23 heavy (non-hydrogen) atoms. The van der Waals surface area contributed by atoms with Crippen molar-refractivity contribution in [2.75, 3.05) is 21.3 Å². The first-order valence-corrected chi connectivity index (χ1v) is 6.42. The van der Waals surface area contributed by atoms with Crippen molar-refractivity contribution in [3.8, 4) is 28.7 Å². The minimum absolute atomic E-state index is 0.0994. The van der Waals surface area contributed by atoms with Crippen LogP contribution in [0.2, 0.25) is 0 Å². The fraction of sp³-hybridized carbons (Fsp3) is 0.200. The van der Waals surface area contributed by atoms with E-state index in [1.807, 2.05) is 0 Å². The van der Waals surface area contributed by atoms with Crippen LogP contribution in [0.25, 0.3) is 0 Å². The van der Waals surface area contributed by atoms with Gasteiger partial charge in [0.2, 0.25) is 11.6 Å². The number of nitrogens with zero attached hydrogens (tertiary/aromatic N) is 1. The molecule has 2 rings (SSSR count). The molecule has 0 spiro atoms. The summed E-state index contributed by atoms with van der Waals surface area (Å²) in [5.74, 6) is 0.528. The van der Waals surface area contributed by atoms with Gasteiger partial charge in [-0.2, -0.15) is 4.39 Å². The quantitative estimate of drug-likeness (QED) is 0.597. The van der Waals surface area contributed by atoms with Gasteiger partial charge in [0.05, 0.1) is 26.3 Å². The minimum atomic E-state index is -0.986. The zero-order valence-electron chi connectivity index (χ0n) is 12.7. The Balaban J connectivity index is 2.36. The first-order chi connectivity index (χ1) is 11.0. The van der Waals surface area contributed by atoms with Gasteiger partial charge in [0.25, 0.3) is 0 Å². The number of hydrogen-bond acceptors (Lipinski definition) is 6. The lowest BCUT2D eigenvalue weighted by atomic mass is 10.2. The molecule has 0 saturated carbocycles. The maximum absolute atomic E-state index is 13.6. The summed E-state index contributed by atoms with van der Waals surface area (Å²) < 4.78 is 34.7. The Morgan fingerprint density at radius 1 is 0.957 bits per heavy atom. The summed E-state index contributed by atoms with van der Waals surface area (Å²) >= 11 is 0. The summed E-state index contributed by atoms with van der Waals surface area (Å²) in [5.41, 5.74) is -0.623. The molecule has 0 aliphatic rings. The molecular formula is C15H14FNO6. The van der Waals surface area contributed by atoms with Crippen LogP contribution < -0.4 is 18.9 Å². The molecule has 0 fully saturated rings. The highest BCUT2D eigenvalue weighted by atomic mass is 19.1. The van der Waals surface area contributed by atoms with Gasteiger partial charge in [-0.15, -0.1) is 0 Å². The third-order valence-electron chi connectivity index (χ3n) is 2.99. The smallest absolute Gasteiger partial charge is 0.305 e. The Hall–Kier alpha value is -3.03. The zero-order chi connectivity index (χ0) is 17.0. The molecular weight excluding hydrogens is 309 g/mol. The average molecular weight is 323 g/mol. The summed E-state index contributed by atoms with van der Waals surface area (Å²) in [6, 6.07) is 6.32. The van der Waals surface area contributed by atoms with Gasteiger partial charge in [0.15, 0.2) is 11.5 Å². The Bertz CT molecular complexity index is 709. The average Bonchev–Trinajstić information content (AvgIpc) is 2.53. The number of nitro benzene ring substituents is 1. The highest BCUT2D eigenvalue weighted by Crippen LogP contribution is 2.42. The Morgan fingerprint density at radius 2 is 1.57 bits per heavy atom. The summed E-state index contributed by atoms with van der Waals surface area (Å²) in [7, 11) is 4.37. The van der Waals surface area contributed by atoms with Gasteiger partial charge in [-0.3, -0.25) is 10.1 Å². The maximum Gasteiger partial charge on any atom is 0.305 e. The molecule has 0 aromatic heterocycles. The van der Waals surface area contributed by atoms with Crippen molar-refractivity contribution in [3.63, 3.8) is 0 Å². The highest BCUT2D eigenvalue weighted by Gasteiger charge is 2.17. The van der Waals surface area contributed by atoms with Crippen LogP contribution in [0.4, 0.5) is 10.1 Å². The summed E-state index contributed by atoms with van der Waals surface area (Å²) in [4.78, 5) is 9.80. The molecule has 8 heteroatoms. The number of methoxy groups -OCH3 is 3. The standard InChI is InChI=1S/C15H14FNO6/c1-20-13-7-10(8-14(21-2)15(13)22-3)23-9-4-5-12(17(18)19)11(16)6-9/h4-8H,1-3H3. The lowest BCUT2D eigenvalue weighted by molar-refractivity contribution is -0.387. The number of nitro groups is 1. The van der Waals surface area contributed by atoms with Gasteiger partial charge in [0.1, 0.15) is 11.5 Å². The lowest BCUT2D eigenvalue weighted by Crippen LogP contribution is -1.97. The second-order valence-corrected chi connectivity index (χ2v) is 4.33. The second kappa shape index (κ2) is 6.82. The lowest BCUT2D eigenvalue weighted by Gasteiger charge is -2.14. The number of ether oxygens (including phenoxy) is 4. The first-order valence-electron chi connectivity index (χ1n) is 6.42. The van der Waals surface area contributed by atoms with Crippen LogP contribution in [0.3, 0.4) is 0 Å². The van der Waals surface area contributed by atoms with Crippen molar-refractivity contribution in [2.24, 2.45) is 0 Å². The second-order valence-electron chi connectivity index (χ2n) is 4.33. The fourth-order valence-electron chi connectivity index (χ4n) is 1.95. The minimum Gasteiger partial charge on any atom is -0.493 e. The van der Waals surface area contributed by atoms with E-state index in [0.29, 0.717) is 23.0 Å². The first kappa shape index (κ1) is 16.3. The zero-order valence-corrected chi connectivity index (χ0v) is 12.7. The third-order valence-corrected chi connectivity index (χ3v) is 2.99. The number of hydrogen-bond donors (Lipinski definition) is 0. The van der Waals surface area contributed by atoms with Crippen LogP contribution in [-0.4, -0.2) is 26.3 Å². The van der Waals surface area contributed by atoms with E-state index in [1.54, 1.807) is 0 Å². The topological polar surface area (TPSA) is 80.1 Å². The van der Waals surface area contributed by atoms with E-state index >= 15 is 0 Å². The van der Waals surface area contributed by atoms with E-state index in [-0.39, 0.29) is 5.75 Å². The largest absolute Gasteiger partial charge is 0.493 e. The highest BCUT2D eigenvalue weighted by molar-refractivity contribution is 5.56. The van der Waals surface area contributed by atoms with Gasteiger partial charge < -0.3 is 18.9 Å². The van der Waals surface area contributed by atoms with Crippen molar-refractivity contribution >= 4 is 5.69 Å². The van der Waals surface area contributed by atoms with Crippen molar-refractivity contribution in [1.29, 1.82) is 0 Å². The molecule has 0 amide bonds. The van der Waals surface area contributed by atoms with Crippen LogP contribution in [0.15, 0.2) is 30.3 Å². The molecule has 7 nitrogen and oxygen atoms in total. The number of halogens is 1. The van der Waals surface area contributed by atoms with Crippen LogP contribution >= 0.6 is 0 Å². The summed E-state index contributed by atoms with van der Waals surface area (Å²) in [6.45, 7) is 0. The molecule has 2 aromatic rings. The van der Waals surface area contributed by atoms with E-state index in [0.717, 1.165) is 12.1 Å². The summed E-state index contributed by atoms with van der Waals surface area (Å²) in [5, 5.41) is 10.6. The van der Waals surface area contributed by atoms with Gasteiger partial charge in [-0.25, -0.2) is 0 Å². The van der Waals surface area contributed by atoms with E-state index in [1.165, 1.54) is 39.5 Å². The molecule has 0 atom stereocenters. The fourth-order valence-corrected chi connectivity index (χ4v) is 1.95. The molecule has 2 aromatic carbocycles. The van der Waals surface area contributed by atoms with Gasteiger partial charge >= 0.3 is 5.69 Å². The predicted octanol–water partition coefficient (Wildman–Crippen LogP) is 3.55. The molecule has 0 bridgehead atoms. The van der Waals surface area contributed by atoms with Crippen LogP contribution in [-0.2, 0) is 0 Å². The van der Waals surface area contributed by atoms with Crippen molar-refractivity contribution in [3.05, 3.63) is 46.3 Å².